The number of benzene rings is 2. The first kappa shape index (κ1) is 24.4. The Balaban J connectivity index is 2.13. The molecular formula is C23H23Cl3N2O4. The van der Waals surface area contributed by atoms with Gasteiger partial charge >= 0.3 is 0 Å². The van der Waals surface area contributed by atoms with E-state index in [9.17, 15) is 14.7 Å². The summed E-state index contributed by atoms with van der Waals surface area (Å²) in [5.74, 6) is -1.54. The van der Waals surface area contributed by atoms with Gasteiger partial charge in [-0.3, -0.25) is 9.59 Å². The number of Topliss-reactive ketones (excluding diaryl/α,β-unsaturated/α-hetero) is 1. The quantitative estimate of drug-likeness (QED) is 0.330. The van der Waals surface area contributed by atoms with Crippen LogP contribution in [0.4, 0.5) is 0 Å². The van der Waals surface area contributed by atoms with Crippen molar-refractivity contribution in [3.05, 3.63) is 68.2 Å². The number of ketones is 1. The van der Waals surface area contributed by atoms with Crippen molar-refractivity contribution in [2.24, 2.45) is 0 Å². The van der Waals surface area contributed by atoms with Crippen LogP contribution in [0.1, 0.15) is 23.6 Å². The molecule has 1 fully saturated rings. The minimum atomic E-state index is -0.769. The first-order valence-corrected chi connectivity index (χ1v) is 11.0. The molecular weight excluding hydrogens is 475 g/mol. The van der Waals surface area contributed by atoms with Gasteiger partial charge in [0.15, 0.2) is 5.75 Å². The summed E-state index contributed by atoms with van der Waals surface area (Å²) >= 11 is 18.5. The molecule has 0 saturated carbocycles. The number of carbonyl (C=O) groups is 2. The molecule has 6 nitrogen and oxygen atoms in total. The Morgan fingerprint density at radius 3 is 2.22 bits per heavy atom. The number of aliphatic hydroxyl groups excluding tert-OH is 1. The summed E-state index contributed by atoms with van der Waals surface area (Å²) in [5, 5.41) is 12.0. The van der Waals surface area contributed by atoms with E-state index >= 15 is 0 Å². The maximum atomic E-state index is 13.0. The van der Waals surface area contributed by atoms with Gasteiger partial charge in [-0.05, 0) is 56.9 Å². The Bertz CT molecular complexity index is 1040. The van der Waals surface area contributed by atoms with Gasteiger partial charge in [-0.25, -0.2) is 0 Å². The zero-order valence-electron chi connectivity index (χ0n) is 17.9. The van der Waals surface area contributed by atoms with Crippen molar-refractivity contribution in [2.45, 2.75) is 12.5 Å². The molecule has 1 saturated heterocycles. The van der Waals surface area contributed by atoms with Crippen LogP contribution in [0.15, 0.2) is 42.0 Å². The van der Waals surface area contributed by atoms with Crippen LogP contribution in [-0.4, -0.2) is 60.9 Å². The predicted molar refractivity (Wildman–Crippen MR) is 127 cm³/mol. The Kier molecular flexibility index (Phi) is 7.72. The summed E-state index contributed by atoms with van der Waals surface area (Å²) < 4.78 is 5.15. The van der Waals surface area contributed by atoms with E-state index in [0.717, 1.165) is 6.54 Å². The molecule has 1 amide bonds. The lowest BCUT2D eigenvalue weighted by atomic mass is 9.95. The lowest BCUT2D eigenvalue weighted by molar-refractivity contribution is -0.139. The predicted octanol–water partition coefficient (Wildman–Crippen LogP) is 5.03. The highest BCUT2D eigenvalue weighted by atomic mass is 35.5. The van der Waals surface area contributed by atoms with Crippen LogP contribution < -0.4 is 4.74 Å². The van der Waals surface area contributed by atoms with E-state index in [1.165, 1.54) is 24.1 Å². The van der Waals surface area contributed by atoms with Crippen LogP contribution in [0.3, 0.4) is 0 Å². The number of hydrogen-bond acceptors (Lipinski definition) is 5. The number of carbonyl (C=O) groups excluding carboxylic acids is 2. The largest absolute Gasteiger partial charge is 0.507 e. The lowest BCUT2D eigenvalue weighted by Crippen LogP contribution is -2.32. The van der Waals surface area contributed by atoms with Gasteiger partial charge in [0.1, 0.15) is 5.76 Å². The standard InChI is InChI=1S/C23H23Cl3N2O4/c1-27(2)9-4-10-28-19(13-5-7-15(24)8-6-13)18(21(30)23(28)31)20(29)14-11-16(25)22(32-3)17(26)12-14/h5-8,11-12,19,29H,4,9-10H2,1-3H3/b20-18+. The van der Waals surface area contributed by atoms with E-state index in [1.807, 2.05) is 19.0 Å². The molecule has 1 aliphatic rings. The summed E-state index contributed by atoms with van der Waals surface area (Å²) in [4.78, 5) is 29.4. The third-order valence-corrected chi connectivity index (χ3v) is 6.02. The number of methoxy groups -OCH3 is 1. The van der Waals surface area contributed by atoms with Gasteiger partial charge < -0.3 is 19.6 Å². The normalized spacial score (nSPS) is 18.0. The summed E-state index contributed by atoms with van der Waals surface area (Å²) in [7, 11) is 5.29. The second-order valence-electron chi connectivity index (χ2n) is 7.67. The van der Waals surface area contributed by atoms with Crippen molar-refractivity contribution in [2.75, 3.05) is 34.3 Å². The molecule has 2 aromatic rings. The molecule has 0 aromatic heterocycles. The fourth-order valence-electron chi connectivity index (χ4n) is 3.71. The van der Waals surface area contributed by atoms with E-state index < -0.39 is 17.7 Å². The van der Waals surface area contributed by atoms with E-state index in [0.29, 0.717) is 23.6 Å². The molecule has 1 aliphatic heterocycles. The van der Waals surface area contributed by atoms with Gasteiger partial charge in [0.25, 0.3) is 11.7 Å². The summed E-state index contributed by atoms with van der Waals surface area (Å²) in [6.45, 7) is 1.08. The average Bonchev–Trinajstić information content (AvgIpc) is 2.98. The summed E-state index contributed by atoms with van der Waals surface area (Å²) in [6.07, 6.45) is 0.657. The molecule has 0 aliphatic carbocycles. The third-order valence-electron chi connectivity index (χ3n) is 5.21. The summed E-state index contributed by atoms with van der Waals surface area (Å²) in [6, 6.07) is 8.95. The van der Waals surface area contributed by atoms with Gasteiger partial charge in [-0.1, -0.05) is 46.9 Å². The fourth-order valence-corrected chi connectivity index (χ4v) is 4.47. The molecule has 3 rings (SSSR count). The van der Waals surface area contributed by atoms with Crippen molar-refractivity contribution in [3.63, 3.8) is 0 Å². The van der Waals surface area contributed by atoms with Gasteiger partial charge in [0.2, 0.25) is 0 Å². The van der Waals surface area contributed by atoms with Gasteiger partial charge in [0.05, 0.1) is 28.8 Å². The molecule has 32 heavy (non-hydrogen) atoms. The number of aliphatic hydroxyl groups is 1. The zero-order chi connectivity index (χ0) is 23.6. The minimum Gasteiger partial charge on any atom is -0.507 e. The van der Waals surface area contributed by atoms with Crippen LogP contribution in [-0.2, 0) is 9.59 Å². The molecule has 2 aromatic carbocycles. The van der Waals surface area contributed by atoms with E-state index in [4.69, 9.17) is 39.5 Å². The monoisotopic (exact) mass is 496 g/mol. The zero-order valence-corrected chi connectivity index (χ0v) is 20.1. The van der Waals surface area contributed by atoms with Crippen molar-refractivity contribution >= 4 is 52.3 Å². The molecule has 0 radical (unpaired) electrons. The fraction of sp³-hybridized carbons (Fsp3) is 0.304. The minimum absolute atomic E-state index is 0.0283. The molecule has 170 valence electrons. The Morgan fingerprint density at radius 1 is 1.09 bits per heavy atom. The molecule has 1 unspecified atom stereocenters. The molecule has 9 heteroatoms. The van der Waals surface area contributed by atoms with Gasteiger partial charge in [-0.15, -0.1) is 0 Å². The van der Waals surface area contributed by atoms with Crippen molar-refractivity contribution in [3.8, 4) is 5.75 Å². The van der Waals surface area contributed by atoms with Crippen LogP contribution >= 0.6 is 34.8 Å². The van der Waals surface area contributed by atoms with Crippen LogP contribution in [0, 0.1) is 0 Å². The number of ether oxygens (including phenoxy) is 1. The maximum absolute atomic E-state index is 13.0. The molecule has 0 spiro atoms. The maximum Gasteiger partial charge on any atom is 0.295 e. The topological polar surface area (TPSA) is 70.1 Å². The molecule has 1 heterocycles. The highest BCUT2D eigenvalue weighted by Gasteiger charge is 2.45. The lowest BCUT2D eigenvalue weighted by Gasteiger charge is -2.26. The highest BCUT2D eigenvalue weighted by Crippen LogP contribution is 2.42. The Labute approximate surface area is 201 Å². The van der Waals surface area contributed by atoms with Crippen molar-refractivity contribution in [1.29, 1.82) is 0 Å². The van der Waals surface area contributed by atoms with Crippen LogP contribution in [0.5, 0.6) is 5.75 Å². The van der Waals surface area contributed by atoms with Gasteiger partial charge in [-0.2, -0.15) is 0 Å². The Morgan fingerprint density at radius 2 is 1.69 bits per heavy atom. The smallest absolute Gasteiger partial charge is 0.295 e. The number of likely N-dealkylation sites (tertiary alicyclic amines) is 1. The van der Waals surface area contributed by atoms with Crippen molar-refractivity contribution < 1.29 is 19.4 Å². The average molecular weight is 498 g/mol. The van der Waals surface area contributed by atoms with E-state index in [-0.39, 0.29) is 32.7 Å². The SMILES string of the molecule is COc1c(Cl)cc(/C(O)=C2\C(=O)C(=O)N(CCCN(C)C)C2c2ccc(Cl)cc2)cc1Cl. The highest BCUT2D eigenvalue weighted by molar-refractivity contribution is 6.46. The molecule has 1 N–H and O–H groups in total. The van der Waals surface area contributed by atoms with Crippen LogP contribution in [0.2, 0.25) is 15.1 Å². The summed E-state index contributed by atoms with van der Waals surface area (Å²) in [5.41, 5.74) is 0.844. The van der Waals surface area contributed by atoms with Crippen LogP contribution in [0.25, 0.3) is 5.76 Å². The first-order chi connectivity index (χ1) is 15.1. The Hall–Kier alpha value is -2.25. The third kappa shape index (κ3) is 4.89. The number of amides is 1. The second-order valence-corrected chi connectivity index (χ2v) is 8.92. The molecule has 0 bridgehead atoms. The molecule has 1 atom stereocenters. The second kappa shape index (κ2) is 10.1. The van der Waals surface area contributed by atoms with E-state index in [2.05, 4.69) is 0 Å². The number of halogens is 3. The number of hydrogen-bond donors (Lipinski definition) is 1. The number of nitrogens with zero attached hydrogens (tertiary/aromatic N) is 2. The first-order valence-electron chi connectivity index (χ1n) is 9.87. The van der Waals surface area contributed by atoms with E-state index in [1.54, 1.807) is 24.3 Å². The number of rotatable bonds is 7. The van der Waals surface area contributed by atoms with Gasteiger partial charge in [0, 0.05) is 17.1 Å². The van der Waals surface area contributed by atoms with Crippen molar-refractivity contribution in [1.82, 2.24) is 9.80 Å².